The third-order valence-corrected chi connectivity index (χ3v) is 7.86. The molecule has 214 valence electrons. The summed E-state index contributed by atoms with van der Waals surface area (Å²) < 4.78 is 0. The topological polar surface area (TPSA) is 36.0 Å². The lowest BCUT2D eigenvalue weighted by molar-refractivity contribution is -0.174. The van der Waals surface area contributed by atoms with Gasteiger partial charge in [-0.25, -0.2) is 5.06 Å². The third kappa shape index (κ3) is 19.5. The first kappa shape index (κ1) is 33.4. The van der Waals surface area contributed by atoms with Crippen LogP contribution < -0.4 is 0 Å². The second-order valence-corrected chi connectivity index (χ2v) is 11.5. The van der Waals surface area contributed by atoms with Gasteiger partial charge in [-0.2, -0.15) is 0 Å². The van der Waals surface area contributed by atoms with Crippen LogP contribution in [-0.2, 0) is 9.63 Å². The predicted molar refractivity (Wildman–Crippen MR) is 155 cm³/mol. The van der Waals surface area contributed by atoms with Crippen molar-refractivity contribution in [3.05, 3.63) is 0 Å². The number of amides is 1. The number of likely N-dealkylation sites (tertiary alicyclic amines) is 1. The summed E-state index contributed by atoms with van der Waals surface area (Å²) in [6.07, 6.45) is 29.0. The monoisotopic (exact) mass is 509 g/mol. The summed E-state index contributed by atoms with van der Waals surface area (Å²) in [4.78, 5) is 22.2. The van der Waals surface area contributed by atoms with Gasteiger partial charge in [0.1, 0.15) is 0 Å². The molecule has 1 aliphatic rings. The molecule has 0 aromatic carbocycles. The summed E-state index contributed by atoms with van der Waals surface area (Å²) in [5, 5.41) is 1.54. The fourth-order valence-corrected chi connectivity index (χ4v) is 5.54. The van der Waals surface area contributed by atoms with E-state index in [1.54, 1.807) is 5.06 Å². The number of hydrogen-bond acceptors (Lipinski definition) is 4. The minimum absolute atomic E-state index is 0.616. The maximum absolute atomic E-state index is 11.4. The number of rotatable bonds is 26. The van der Waals surface area contributed by atoms with Crippen LogP contribution in [0.1, 0.15) is 142 Å². The van der Waals surface area contributed by atoms with Gasteiger partial charge in [-0.1, -0.05) is 110 Å². The van der Waals surface area contributed by atoms with Crippen molar-refractivity contribution in [3.8, 4) is 0 Å². The van der Waals surface area contributed by atoms with Gasteiger partial charge in [0.2, 0.25) is 6.41 Å². The highest BCUT2D eigenvalue weighted by Gasteiger charge is 2.22. The lowest BCUT2D eigenvalue weighted by atomic mass is 9.99. The Morgan fingerprint density at radius 1 is 0.750 bits per heavy atom. The zero-order valence-corrected chi connectivity index (χ0v) is 24.7. The van der Waals surface area contributed by atoms with Crippen molar-refractivity contribution in [2.75, 3.05) is 46.9 Å². The molecule has 0 aromatic heterocycles. The zero-order valence-electron chi connectivity index (χ0n) is 24.7. The van der Waals surface area contributed by atoms with E-state index in [9.17, 15) is 4.79 Å². The predicted octanol–water partition coefficient (Wildman–Crippen LogP) is 7.83. The van der Waals surface area contributed by atoms with Crippen LogP contribution in [0.2, 0.25) is 0 Å². The highest BCUT2D eigenvalue weighted by atomic mass is 16.7. The van der Waals surface area contributed by atoms with Crippen LogP contribution in [0.5, 0.6) is 0 Å². The summed E-state index contributed by atoms with van der Waals surface area (Å²) in [7, 11) is 4.30. The van der Waals surface area contributed by atoms with Crippen LogP contribution in [0.4, 0.5) is 0 Å². The molecule has 5 nitrogen and oxygen atoms in total. The van der Waals surface area contributed by atoms with Crippen LogP contribution in [-0.4, -0.2) is 74.2 Å². The Labute approximate surface area is 225 Å². The molecule has 0 bridgehead atoms. The molecule has 1 aliphatic heterocycles. The molecule has 1 saturated heterocycles. The number of hydrogen-bond donors (Lipinski definition) is 0. The summed E-state index contributed by atoms with van der Waals surface area (Å²) in [5.74, 6) is 0. The average molecular weight is 510 g/mol. The lowest BCUT2D eigenvalue weighted by Gasteiger charge is -2.36. The highest BCUT2D eigenvalue weighted by Crippen LogP contribution is 2.20. The Kier molecular flexibility index (Phi) is 22.9. The molecule has 1 fully saturated rings. The smallest absolute Gasteiger partial charge is 0.233 e. The molecule has 0 aromatic rings. The normalized spacial score (nSPS) is 16.6. The van der Waals surface area contributed by atoms with Crippen molar-refractivity contribution >= 4 is 6.41 Å². The zero-order chi connectivity index (χ0) is 26.1. The molecule has 0 aliphatic carbocycles. The number of piperidine rings is 1. The third-order valence-electron chi connectivity index (χ3n) is 7.86. The van der Waals surface area contributed by atoms with Gasteiger partial charge in [-0.15, -0.1) is 0 Å². The minimum atomic E-state index is 0.616. The molecular weight excluding hydrogens is 446 g/mol. The summed E-state index contributed by atoms with van der Waals surface area (Å²) in [6, 6.07) is 0.616. The molecule has 5 heteroatoms. The second kappa shape index (κ2) is 24.7. The quantitative estimate of drug-likeness (QED) is 0.0676. The molecular formula is C31H63N3O2. The Morgan fingerprint density at radius 3 is 1.83 bits per heavy atom. The van der Waals surface area contributed by atoms with E-state index < -0.39 is 0 Å². The maximum atomic E-state index is 11.4. The first-order valence-corrected chi connectivity index (χ1v) is 15.9. The molecule has 0 radical (unpaired) electrons. The molecule has 0 N–H and O–H groups in total. The van der Waals surface area contributed by atoms with Gasteiger partial charge >= 0.3 is 0 Å². The van der Waals surface area contributed by atoms with Crippen LogP contribution in [0.3, 0.4) is 0 Å². The van der Waals surface area contributed by atoms with E-state index in [2.05, 4.69) is 30.8 Å². The fourth-order valence-electron chi connectivity index (χ4n) is 5.54. The minimum Gasteiger partial charge on any atom is -0.309 e. The molecule has 1 rings (SSSR count). The Bertz CT molecular complexity index is 475. The van der Waals surface area contributed by atoms with E-state index in [4.69, 9.17) is 4.84 Å². The Hall–Kier alpha value is -0.650. The van der Waals surface area contributed by atoms with E-state index in [-0.39, 0.29) is 0 Å². The van der Waals surface area contributed by atoms with Crippen LogP contribution in [0.15, 0.2) is 0 Å². The van der Waals surface area contributed by atoms with E-state index in [0.29, 0.717) is 12.6 Å². The van der Waals surface area contributed by atoms with Crippen molar-refractivity contribution in [2.45, 2.75) is 148 Å². The van der Waals surface area contributed by atoms with Crippen molar-refractivity contribution in [1.82, 2.24) is 14.9 Å². The van der Waals surface area contributed by atoms with Crippen LogP contribution >= 0.6 is 0 Å². The Morgan fingerprint density at radius 2 is 1.31 bits per heavy atom. The number of carbonyl (C=O) groups excluding carboxylic acids is 1. The van der Waals surface area contributed by atoms with Gasteiger partial charge in [0, 0.05) is 12.6 Å². The molecule has 0 spiro atoms. The summed E-state index contributed by atoms with van der Waals surface area (Å²) in [5.41, 5.74) is 0. The summed E-state index contributed by atoms with van der Waals surface area (Å²) in [6.45, 7) is 7.23. The van der Waals surface area contributed by atoms with E-state index in [0.717, 1.165) is 32.3 Å². The van der Waals surface area contributed by atoms with Gasteiger partial charge in [0.15, 0.2) is 0 Å². The maximum Gasteiger partial charge on any atom is 0.233 e. The van der Waals surface area contributed by atoms with Gasteiger partial charge in [-0.3, -0.25) is 9.63 Å². The number of nitrogens with zero attached hydrogens (tertiary/aromatic N) is 3. The largest absolute Gasteiger partial charge is 0.309 e. The number of carbonyl (C=O) groups is 1. The first-order chi connectivity index (χ1) is 17.7. The SMILES string of the molecule is CCCCCCCCCCCCCCCCCCN(C=O)OCCC1CCCCN1CCCN(C)C. The summed E-state index contributed by atoms with van der Waals surface area (Å²) >= 11 is 0. The van der Waals surface area contributed by atoms with E-state index in [1.807, 2.05) is 0 Å². The number of unbranched alkanes of at least 4 members (excludes halogenated alkanes) is 15. The number of hydroxylamine groups is 2. The molecule has 0 saturated carbocycles. The van der Waals surface area contributed by atoms with Gasteiger partial charge in [0.25, 0.3) is 0 Å². The van der Waals surface area contributed by atoms with Crippen LogP contribution in [0.25, 0.3) is 0 Å². The van der Waals surface area contributed by atoms with Crippen LogP contribution in [0, 0.1) is 0 Å². The average Bonchev–Trinajstić information content (AvgIpc) is 2.88. The van der Waals surface area contributed by atoms with Crippen molar-refractivity contribution in [3.63, 3.8) is 0 Å². The van der Waals surface area contributed by atoms with Crippen molar-refractivity contribution in [1.29, 1.82) is 0 Å². The molecule has 1 atom stereocenters. The Balaban J connectivity index is 1.93. The molecule has 1 amide bonds. The second-order valence-electron chi connectivity index (χ2n) is 11.5. The van der Waals surface area contributed by atoms with Gasteiger partial charge < -0.3 is 9.80 Å². The lowest BCUT2D eigenvalue weighted by Crippen LogP contribution is -2.41. The van der Waals surface area contributed by atoms with Gasteiger partial charge in [-0.05, 0) is 65.8 Å². The van der Waals surface area contributed by atoms with Gasteiger partial charge in [0.05, 0.1) is 6.61 Å². The fraction of sp³-hybridized carbons (Fsp3) is 0.968. The van der Waals surface area contributed by atoms with Crippen molar-refractivity contribution < 1.29 is 9.63 Å². The van der Waals surface area contributed by atoms with E-state index in [1.165, 1.54) is 135 Å². The molecule has 1 heterocycles. The molecule has 36 heavy (non-hydrogen) atoms. The van der Waals surface area contributed by atoms with E-state index >= 15 is 0 Å². The van der Waals surface area contributed by atoms with Crippen molar-refractivity contribution in [2.24, 2.45) is 0 Å². The highest BCUT2D eigenvalue weighted by molar-refractivity contribution is 5.44. The first-order valence-electron chi connectivity index (χ1n) is 15.9. The standard InChI is InChI=1S/C31H63N3O2/c1-4-5-6-7-8-9-10-11-12-13-14-15-16-17-18-20-28-34(30-35)36-29-24-31-23-19-21-26-33(31)27-22-25-32(2)3/h30-31H,4-29H2,1-3H3. The molecule has 1 unspecified atom stereocenters.